The number of ether oxygens (including phenoxy) is 3. The van der Waals surface area contributed by atoms with Gasteiger partial charge in [-0.3, -0.25) is 9.59 Å². The highest BCUT2D eigenvalue weighted by Crippen LogP contribution is 2.18. The van der Waals surface area contributed by atoms with Crippen LogP contribution in [0.1, 0.15) is 213 Å². The number of hydrogen-bond acceptors (Lipinski definition) is 7. The first-order valence-corrected chi connectivity index (χ1v) is 21.8. The number of hydrogen-bond donors (Lipinski definition) is 1. The summed E-state index contributed by atoms with van der Waals surface area (Å²) < 4.78 is 16.9. The Hall–Kier alpha value is -1.18. The van der Waals surface area contributed by atoms with Gasteiger partial charge in [0.2, 0.25) is 0 Å². The van der Waals surface area contributed by atoms with Crippen LogP contribution >= 0.6 is 0 Å². The zero-order valence-corrected chi connectivity index (χ0v) is 33.7. The third kappa shape index (κ3) is 36.6. The van der Waals surface area contributed by atoms with Gasteiger partial charge in [0.05, 0.1) is 13.2 Å². The predicted octanol–water partition coefficient (Wildman–Crippen LogP) is 11.5. The highest BCUT2D eigenvalue weighted by Gasteiger charge is 2.14. The summed E-state index contributed by atoms with van der Waals surface area (Å²) in [7, 11) is 0. The van der Waals surface area contributed by atoms with E-state index in [2.05, 4.69) is 25.7 Å². The molecule has 50 heavy (non-hydrogen) atoms. The van der Waals surface area contributed by atoms with Crippen LogP contribution in [0.3, 0.4) is 0 Å². The summed E-state index contributed by atoms with van der Waals surface area (Å²) in [6, 6.07) is 0. The van der Waals surface area contributed by atoms with E-state index in [1.807, 2.05) is 0 Å². The Bertz CT molecular complexity index is 689. The van der Waals surface area contributed by atoms with E-state index < -0.39 is 0 Å². The van der Waals surface area contributed by atoms with Crippen molar-refractivity contribution in [3.63, 3.8) is 0 Å². The average molecular weight is 712 g/mol. The van der Waals surface area contributed by atoms with Gasteiger partial charge < -0.3 is 24.2 Å². The molecule has 0 rings (SSSR count). The van der Waals surface area contributed by atoms with Gasteiger partial charge in [-0.25, -0.2) is 0 Å². The van der Waals surface area contributed by atoms with Crippen LogP contribution in [0.25, 0.3) is 0 Å². The first-order valence-electron chi connectivity index (χ1n) is 21.8. The number of esters is 2. The first kappa shape index (κ1) is 48.8. The fraction of sp³-hybridized carbons (Fsp3) is 0.953. The van der Waals surface area contributed by atoms with E-state index >= 15 is 0 Å². The van der Waals surface area contributed by atoms with E-state index in [-0.39, 0.29) is 24.6 Å². The Labute approximate surface area is 310 Å². The van der Waals surface area contributed by atoms with Gasteiger partial charge in [-0.2, -0.15) is 0 Å². The summed E-state index contributed by atoms with van der Waals surface area (Å²) in [5, 5.41) is 9.52. The fourth-order valence-corrected chi connectivity index (χ4v) is 6.58. The summed E-state index contributed by atoms with van der Waals surface area (Å²) in [6.45, 7) is 11.2. The molecule has 0 unspecified atom stereocenters. The van der Waals surface area contributed by atoms with E-state index in [0.29, 0.717) is 26.1 Å². The zero-order chi connectivity index (χ0) is 36.6. The van der Waals surface area contributed by atoms with Crippen molar-refractivity contribution in [2.45, 2.75) is 219 Å². The number of carbonyl (C=O) groups excluding carboxylic acids is 2. The highest BCUT2D eigenvalue weighted by molar-refractivity contribution is 5.69. The lowest BCUT2D eigenvalue weighted by molar-refractivity contribution is -0.150. The molecule has 0 atom stereocenters. The minimum absolute atomic E-state index is 0.00591. The van der Waals surface area contributed by atoms with Crippen LogP contribution in [-0.2, 0) is 23.8 Å². The van der Waals surface area contributed by atoms with Gasteiger partial charge in [0.15, 0.2) is 0 Å². The molecule has 0 aromatic heterocycles. The Kier molecular flexibility index (Phi) is 39.6. The van der Waals surface area contributed by atoms with E-state index in [0.717, 1.165) is 103 Å². The number of carbonyl (C=O) groups is 2. The molecule has 0 aliphatic rings. The Morgan fingerprint density at radius 2 is 0.920 bits per heavy atom. The third-order valence-electron chi connectivity index (χ3n) is 9.82. The van der Waals surface area contributed by atoms with Crippen molar-refractivity contribution in [1.82, 2.24) is 4.90 Å². The molecule has 0 amide bonds. The molecule has 0 saturated heterocycles. The molecule has 0 aliphatic carbocycles. The second-order valence-corrected chi connectivity index (χ2v) is 14.7. The summed E-state index contributed by atoms with van der Waals surface area (Å²) in [4.78, 5) is 27.0. The summed E-state index contributed by atoms with van der Waals surface area (Å²) in [5.74, 6) is -0.113. The SMILES string of the molecule is CCCCCCCCC(CCCCCCCC)OC(=O)CCCCCCCN(CCO)CCCCCCC(=O)OCCOCCCCCCC. The van der Waals surface area contributed by atoms with Crippen LogP contribution in [-0.4, -0.2) is 74.1 Å². The van der Waals surface area contributed by atoms with Crippen LogP contribution in [0.5, 0.6) is 0 Å². The number of aliphatic hydroxyl groups is 1. The van der Waals surface area contributed by atoms with Crippen molar-refractivity contribution in [3.05, 3.63) is 0 Å². The largest absolute Gasteiger partial charge is 0.463 e. The number of aliphatic hydroxyl groups excluding tert-OH is 1. The summed E-state index contributed by atoms with van der Waals surface area (Å²) >= 11 is 0. The molecule has 0 spiro atoms. The molecule has 1 N–H and O–H groups in total. The maximum atomic E-state index is 12.7. The normalized spacial score (nSPS) is 11.6. The Morgan fingerprint density at radius 1 is 0.480 bits per heavy atom. The Morgan fingerprint density at radius 3 is 1.44 bits per heavy atom. The maximum Gasteiger partial charge on any atom is 0.306 e. The molecule has 298 valence electrons. The summed E-state index contributed by atoms with van der Waals surface area (Å²) in [6.07, 6.45) is 34.1. The molecule has 0 aromatic rings. The van der Waals surface area contributed by atoms with E-state index in [9.17, 15) is 14.7 Å². The quantitative estimate of drug-likeness (QED) is 0.0499. The lowest BCUT2D eigenvalue weighted by Crippen LogP contribution is -2.29. The van der Waals surface area contributed by atoms with Crippen molar-refractivity contribution in [1.29, 1.82) is 0 Å². The van der Waals surface area contributed by atoms with Gasteiger partial charge in [0.25, 0.3) is 0 Å². The second kappa shape index (κ2) is 40.6. The van der Waals surface area contributed by atoms with Crippen molar-refractivity contribution < 1.29 is 28.9 Å². The van der Waals surface area contributed by atoms with E-state index in [4.69, 9.17) is 14.2 Å². The molecule has 0 radical (unpaired) electrons. The molecule has 7 nitrogen and oxygen atoms in total. The monoisotopic (exact) mass is 712 g/mol. The predicted molar refractivity (Wildman–Crippen MR) is 211 cm³/mol. The minimum Gasteiger partial charge on any atom is -0.463 e. The second-order valence-electron chi connectivity index (χ2n) is 14.7. The minimum atomic E-state index is -0.119. The Balaban J connectivity index is 3.95. The topological polar surface area (TPSA) is 85.3 Å². The van der Waals surface area contributed by atoms with Gasteiger partial charge in [0.1, 0.15) is 12.7 Å². The lowest BCUT2D eigenvalue weighted by Gasteiger charge is -2.21. The van der Waals surface area contributed by atoms with Crippen LogP contribution in [0.4, 0.5) is 0 Å². The van der Waals surface area contributed by atoms with Crippen molar-refractivity contribution >= 4 is 11.9 Å². The average Bonchev–Trinajstić information content (AvgIpc) is 3.11. The van der Waals surface area contributed by atoms with E-state index in [1.165, 1.54) is 103 Å². The van der Waals surface area contributed by atoms with Gasteiger partial charge in [-0.1, -0.05) is 143 Å². The van der Waals surface area contributed by atoms with E-state index in [1.54, 1.807) is 0 Å². The smallest absolute Gasteiger partial charge is 0.306 e. The fourth-order valence-electron chi connectivity index (χ4n) is 6.58. The molecule has 0 aromatic carbocycles. The first-order chi connectivity index (χ1) is 24.6. The zero-order valence-electron chi connectivity index (χ0n) is 33.7. The van der Waals surface area contributed by atoms with Gasteiger partial charge in [0, 0.05) is 26.0 Å². The van der Waals surface area contributed by atoms with Crippen LogP contribution in [0.2, 0.25) is 0 Å². The molecular weight excluding hydrogens is 626 g/mol. The molecule has 7 heteroatoms. The van der Waals surface area contributed by atoms with Crippen molar-refractivity contribution in [2.75, 3.05) is 46.1 Å². The standard InChI is InChI=1S/C43H85NO6/c1-4-7-10-13-16-23-30-41(31-24-17-14-11-8-5-2)50-43(47)33-26-18-15-20-27-34-44(36-37-45)35-28-21-19-25-32-42(46)49-40-39-48-38-29-22-12-9-6-3/h41,45H,4-40H2,1-3H3. The van der Waals surface area contributed by atoms with Crippen LogP contribution < -0.4 is 0 Å². The summed E-state index contributed by atoms with van der Waals surface area (Å²) in [5.41, 5.74) is 0. The molecule has 0 aliphatic heterocycles. The van der Waals surface area contributed by atoms with Gasteiger partial charge in [-0.05, 0) is 70.9 Å². The third-order valence-corrected chi connectivity index (χ3v) is 9.82. The van der Waals surface area contributed by atoms with Gasteiger partial charge >= 0.3 is 11.9 Å². The molecular formula is C43H85NO6. The molecule has 0 bridgehead atoms. The molecule has 0 fully saturated rings. The number of rotatable bonds is 41. The lowest BCUT2D eigenvalue weighted by atomic mass is 10.0. The van der Waals surface area contributed by atoms with Crippen molar-refractivity contribution in [2.24, 2.45) is 0 Å². The highest BCUT2D eigenvalue weighted by atomic mass is 16.6. The maximum absolute atomic E-state index is 12.7. The number of unbranched alkanes of at least 4 members (excludes halogenated alkanes) is 21. The van der Waals surface area contributed by atoms with Crippen molar-refractivity contribution in [3.8, 4) is 0 Å². The molecule has 0 heterocycles. The number of nitrogens with zero attached hydrogens (tertiary/aromatic N) is 1. The van der Waals surface area contributed by atoms with Crippen LogP contribution in [0, 0.1) is 0 Å². The molecule has 0 saturated carbocycles. The van der Waals surface area contributed by atoms with Gasteiger partial charge in [-0.15, -0.1) is 0 Å². The van der Waals surface area contributed by atoms with Crippen LogP contribution in [0.15, 0.2) is 0 Å².